The Morgan fingerprint density at radius 3 is 2.56 bits per heavy atom. The molecule has 1 aromatic rings. The van der Waals surface area contributed by atoms with Gasteiger partial charge in [-0.25, -0.2) is 0 Å². The number of aliphatic hydroxyl groups is 1. The third-order valence-electron chi connectivity index (χ3n) is 5.17. The molecule has 0 saturated carbocycles. The van der Waals surface area contributed by atoms with Crippen LogP contribution in [0.25, 0.3) is 0 Å². The first-order chi connectivity index (χ1) is 16.4. The Bertz CT molecular complexity index is 838. The summed E-state index contributed by atoms with van der Waals surface area (Å²) >= 11 is 11.9. The maximum Gasteiger partial charge on any atom is 0.289 e. The Hall–Kier alpha value is -1.88. The number of halogens is 2. The molecule has 2 amide bonds. The van der Waals surface area contributed by atoms with Crippen molar-refractivity contribution in [2.75, 3.05) is 65.7 Å². The number of carbonyl (C=O) groups excluding carboxylic acids is 2. The van der Waals surface area contributed by atoms with Gasteiger partial charge in [0.25, 0.3) is 11.8 Å². The number of nitrogens with two attached hydrogens (primary N) is 1. The van der Waals surface area contributed by atoms with Gasteiger partial charge >= 0.3 is 0 Å². The number of rotatable bonds is 17. The first-order valence-electron chi connectivity index (χ1n) is 11.4. The lowest BCUT2D eigenvalue weighted by atomic mass is 10.1. The molecule has 0 radical (unpaired) electrons. The summed E-state index contributed by atoms with van der Waals surface area (Å²) in [4.78, 5) is 26.0. The molecule has 2 rings (SSSR count). The number of hydrogen-bond donors (Lipinski definition) is 4. The maximum absolute atomic E-state index is 12.4. The summed E-state index contributed by atoms with van der Waals surface area (Å²) < 4.78 is 10.9. The van der Waals surface area contributed by atoms with E-state index in [0.717, 1.165) is 25.1 Å². The lowest BCUT2D eigenvalue weighted by Crippen LogP contribution is -2.33. The standard InChI is InChI=1S/C23H34Cl2N4O5/c24-19-5-4-17(15-20(19)25)3-1-8-28-22(31)18-16-29(23(32)21(18)30)10-12-34-14-13-33-11-9-27-7-2-6-26/h4-5,15,27,30H,1-3,6-14,16,26H2,(H,28,31). The molecule has 1 heterocycles. The highest BCUT2D eigenvalue weighted by Crippen LogP contribution is 2.23. The van der Waals surface area contributed by atoms with Crippen LogP contribution in [0.5, 0.6) is 0 Å². The van der Waals surface area contributed by atoms with Crippen LogP contribution in [0.4, 0.5) is 0 Å². The molecule has 0 aliphatic carbocycles. The van der Waals surface area contributed by atoms with E-state index in [0.29, 0.717) is 55.8 Å². The number of ether oxygens (including phenoxy) is 2. The van der Waals surface area contributed by atoms with Gasteiger partial charge in [0.1, 0.15) is 0 Å². The van der Waals surface area contributed by atoms with E-state index >= 15 is 0 Å². The highest BCUT2D eigenvalue weighted by atomic mass is 35.5. The van der Waals surface area contributed by atoms with Gasteiger partial charge in [-0.1, -0.05) is 29.3 Å². The van der Waals surface area contributed by atoms with Crippen molar-refractivity contribution in [1.82, 2.24) is 15.5 Å². The van der Waals surface area contributed by atoms with E-state index in [9.17, 15) is 14.7 Å². The van der Waals surface area contributed by atoms with Gasteiger partial charge in [0.2, 0.25) is 0 Å². The fourth-order valence-electron chi connectivity index (χ4n) is 3.27. The SMILES string of the molecule is NCCCNCCOCCOCCN1CC(C(=O)NCCCc2ccc(Cl)c(Cl)c2)=C(O)C1=O. The van der Waals surface area contributed by atoms with Gasteiger partial charge in [0.05, 0.1) is 48.6 Å². The van der Waals surface area contributed by atoms with E-state index in [1.807, 2.05) is 6.07 Å². The van der Waals surface area contributed by atoms with Gasteiger partial charge in [-0.15, -0.1) is 0 Å². The number of aliphatic hydroxyl groups excluding tert-OH is 1. The van der Waals surface area contributed by atoms with Gasteiger partial charge in [-0.3, -0.25) is 9.59 Å². The summed E-state index contributed by atoms with van der Waals surface area (Å²) in [5.74, 6) is -1.52. The Balaban J connectivity index is 1.57. The van der Waals surface area contributed by atoms with Crippen LogP contribution in [0.2, 0.25) is 10.0 Å². The molecule has 11 heteroatoms. The second-order valence-electron chi connectivity index (χ2n) is 7.78. The van der Waals surface area contributed by atoms with Crippen LogP contribution in [-0.2, 0) is 25.5 Å². The average molecular weight is 517 g/mol. The van der Waals surface area contributed by atoms with Crippen molar-refractivity contribution in [3.63, 3.8) is 0 Å². The Labute approximate surface area is 210 Å². The van der Waals surface area contributed by atoms with Crippen LogP contribution in [0, 0.1) is 0 Å². The number of aryl methyl sites for hydroxylation is 1. The van der Waals surface area contributed by atoms with Crippen LogP contribution in [0.15, 0.2) is 29.5 Å². The molecule has 0 saturated heterocycles. The normalized spacial score (nSPS) is 13.7. The molecule has 0 atom stereocenters. The zero-order valence-corrected chi connectivity index (χ0v) is 20.8. The lowest BCUT2D eigenvalue weighted by molar-refractivity contribution is -0.128. The molecule has 0 fully saturated rings. The van der Waals surface area contributed by atoms with Crippen molar-refractivity contribution in [3.05, 3.63) is 45.1 Å². The Kier molecular flexibility index (Phi) is 13.3. The van der Waals surface area contributed by atoms with Crippen LogP contribution < -0.4 is 16.4 Å². The van der Waals surface area contributed by atoms with Gasteiger partial charge in [0, 0.05) is 19.6 Å². The van der Waals surface area contributed by atoms with Crippen molar-refractivity contribution in [2.45, 2.75) is 19.3 Å². The van der Waals surface area contributed by atoms with Crippen molar-refractivity contribution in [2.24, 2.45) is 5.73 Å². The minimum atomic E-state index is -0.565. The second kappa shape index (κ2) is 15.9. The summed E-state index contributed by atoms with van der Waals surface area (Å²) in [7, 11) is 0. The maximum atomic E-state index is 12.4. The predicted octanol–water partition coefficient (Wildman–Crippen LogP) is 1.67. The number of hydrogen-bond acceptors (Lipinski definition) is 7. The summed E-state index contributed by atoms with van der Waals surface area (Å²) in [6.07, 6.45) is 2.32. The summed E-state index contributed by atoms with van der Waals surface area (Å²) in [6, 6.07) is 5.41. The summed E-state index contributed by atoms with van der Waals surface area (Å²) in [5, 5.41) is 17.0. The van der Waals surface area contributed by atoms with Crippen LogP contribution >= 0.6 is 23.2 Å². The minimum Gasteiger partial charge on any atom is -0.503 e. The van der Waals surface area contributed by atoms with E-state index in [4.69, 9.17) is 38.4 Å². The van der Waals surface area contributed by atoms with Gasteiger partial charge in [-0.05, 0) is 50.0 Å². The fourth-order valence-corrected chi connectivity index (χ4v) is 3.59. The van der Waals surface area contributed by atoms with Crippen LogP contribution in [0.3, 0.4) is 0 Å². The second-order valence-corrected chi connectivity index (χ2v) is 8.59. The topological polar surface area (TPSA) is 126 Å². The molecule has 190 valence electrons. The third kappa shape index (κ3) is 9.77. The van der Waals surface area contributed by atoms with Crippen LogP contribution in [0.1, 0.15) is 18.4 Å². The van der Waals surface area contributed by atoms with Crippen molar-refractivity contribution in [1.29, 1.82) is 0 Å². The summed E-state index contributed by atoms with van der Waals surface area (Å²) in [5.41, 5.74) is 6.50. The van der Waals surface area contributed by atoms with Crippen LogP contribution in [-0.4, -0.2) is 87.5 Å². The number of nitrogens with one attached hydrogen (secondary N) is 2. The largest absolute Gasteiger partial charge is 0.503 e. The summed E-state index contributed by atoms with van der Waals surface area (Å²) in [6.45, 7) is 4.75. The van der Waals surface area contributed by atoms with E-state index in [-0.39, 0.29) is 25.3 Å². The van der Waals surface area contributed by atoms with E-state index in [1.165, 1.54) is 4.90 Å². The molecule has 0 spiro atoms. The molecule has 1 aliphatic heterocycles. The average Bonchev–Trinajstić information content (AvgIpc) is 3.11. The lowest BCUT2D eigenvalue weighted by Gasteiger charge is -2.16. The molecular weight excluding hydrogens is 483 g/mol. The molecule has 0 aromatic heterocycles. The zero-order chi connectivity index (χ0) is 24.8. The minimum absolute atomic E-state index is 0.0532. The highest BCUT2D eigenvalue weighted by molar-refractivity contribution is 6.42. The monoisotopic (exact) mass is 516 g/mol. The number of carbonyl (C=O) groups is 2. The third-order valence-corrected chi connectivity index (χ3v) is 5.91. The number of nitrogens with zero attached hydrogens (tertiary/aromatic N) is 1. The molecule has 0 unspecified atom stereocenters. The molecule has 0 bridgehead atoms. The first kappa shape index (κ1) is 28.4. The molecule has 34 heavy (non-hydrogen) atoms. The smallest absolute Gasteiger partial charge is 0.289 e. The van der Waals surface area contributed by atoms with Gasteiger partial charge < -0.3 is 35.8 Å². The Morgan fingerprint density at radius 1 is 1.06 bits per heavy atom. The zero-order valence-electron chi connectivity index (χ0n) is 19.3. The van der Waals surface area contributed by atoms with Gasteiger partial charge in [-0.2, -0.15) is 0 Å². The quantitative estimate of drug-likeness (QED) is 0.232. The van der Waals surface area contributed by atoms with Crippen molar-refractivity contribution < 1.29 is 24.2 Å². The number of benzene rings is 1. The highest BCUT2D eigenvalue weighted by Gasteiger charge is 2.33. The van der Waals surface area contributed by atoms with Crippen molar-refractivity contribution >= 4 is 35.0 Å². The fraction of sp³-hybridized carbons (Fsp3) is 0.565. The Morgan fingerprint density at radius 2 is 1.82 bits per heavy atom. The molecular formula is C23H34Cl2N4O5. The van der Waals surface area contributed by atoms with E-state index in [2.05, 4.69) is 10.6 Å². The predicted molar refractivity (Wildman–Crippen MR) is 132 cm³/mol. The van der Waals surface area contributed by atoms with Crippen molar-refractivity contribution in [3.8, 4) is 0 Å². The molecule has 1 aromatic carbocycles. The van der Waals surface area contributed by atoms with E-state index < -0.39 is 17.6 Å². The molecule has 5 N–H and O–H groups in total. The number of amides is 2. The van der Waals surface area contributed by atoms with Gasteiger partial charge in [0.15, 0.2) is 5.76 Å². The first-order valence-corrected chi connectivity index (χ1v) is 12.2. The van der Waals surface area contributed by atoms with E-state index in [1.54, 1.807) is 12.1 Å². The molecule has 1 aliphatic rings. The molecule has 9 nitrogen and oxygen atoms in total.